The van der Waals surface area contributed by atoms with Gasteiger partial charge in [0.25, 0.3) is 0 Å². The zero-order chi connectivity index (χ0) is 17.5. The van der Waals surface area contributed by atoms with Crippen LogP contribution in [-0.2, 0) is 37.4 Å². The molecule has 9 heteroatoms. The number of morpholine rings is 1. The monoisotopic (exact) mass is 443 g/mol. The summed E-state index contributed by atoms with van der Waals surface area (Å²) in [7, 11) is 0. The third-order valence-electron chi connectivity index (χ3n) is 3.61. The summed E-state index contributed by atoms with van der Waals surface area (Å²) in [6.07, 6.45) is -0.478. The Morgan fingerprint density at radius 2 is 2.00 bits per heavy atom. The summed E-state index contributed by atoms with van der Waals surface area (Å²) in [5.41, 5.74) is 1.29. The van der Waals surface area contributed by atoms with Crippen LogP contribution in [0.2, 0.25) is 0 Å². The van der Waals surface area contributed by atoms with E-state index in [9.17, 15) is 13.2 Å². The number of amidine groups is 1. The Hall–Kier alpha value is -1.25. The Morgan fingerprint density at radius 3 is 2.58 bits per heavy atom. The first-order valence-corrected chi connectivity index (χ1v) is 7.28. The van der Waals surface area contributed by atoms with Gasteiger partial charge in [-0.25, -0.2) is 4.39 Å². The van der Waals surface area contributed by atoms with Crippen molar-refractivity contribution in [1.29, 1.82) is 5.41 Å². The molecule has 26 heavy (non-hydrogen) atoms. The molecule has 0 aromatic carbocycles. The first-order chi connectivity index (χ1) is 11.2. The van der Waals surface area contributed by atoms with Crippen molar-refractivity contribution < 1.29 is 55.0 Å². The molecule has 0 spiro atoms. The number of nitrogens with one attached hydrogen (secondary N) is 1. The fourth-order valence-corrected chi connectivity index (χ4v) is 2.66. The van der Waals surface area contributed by atoms with E-state index in [1.807, 2.05) is 0 Å². The number of rotatable bonds is 2. The molecule has 0 bridgehead atoms. The second-order valence-corrected chi connectivity index (χ2v) is 5.91. The van der Waals surface area contributed by atoms with Crippen molar-refractivity contribution in [3.8, 4) is 11.3 Å². The number of nitrogens with zero attached hydrogens (tertiary/aromatic N) is 2. The van der Waals surface area contributed by atoms with Gasteiger partial charge in [0.15, 0.2) is 11.6 Å². The smallest absolute Gasteiger partial charge is 0.375 e. The van der Waals surface area contributed by atoms with Gasteiger partial charge in [-0.1, -0.05) is 0 Å². The van der Waals surface area contributed by atoms with Crippen molar-refractivity contribution in [1.82, 2.24) is 9.88 Å². The van der Waals surface area contributed by atoms with Gasteiger partial charge in [0.1, 0.15) is 12.3 Å². The molecule has 1 unspecified atom stereocenters. The molecular formula is C17H19F3N3O2Y-. The predicted molar refractivity (Wildman–Crippen MR) is 87.0 cm³/mol. The van der Waals surface area contributed by atoms with E-state index in [4.69, 9.17) is 9.83 Å². The van der Waals surface area contributed by atoms with Crippen LogP contribution in [0.5, 0.6) is 0 Å². The van der Waals surface area contributed by atoms with Gasteiger partial charge in [0.2, 0.25) is 5.85 Å². The molecule has 0 aliphatic carbocycles. The van der Waals surface area contributed by atoms with Gasteiger partial charge in [-0.15, -0.1) is 0 Å². The summed E-state index contributed by atoms with van der Waals surface area (Å²) in [5, 5.41) is 8.16. The molecule has 3 rings (SSSR count). The summed E-state index contributed by atoms with van der Waals surface area (Å²) in [6.45, 7) is 1.22. The van der Waals surface area contributed by atoms with Crippen molar-refractivity contribution in [2.24, 2.45) is 0 Å². The minimum absolute atomic E-state index is 0. The largest absolute Gasteiger partial charge is 0.453 e. The molecule has 1 radical (unpaired) electrons. The minimum atomic E-state index is -3.68. The fraction of sp³-hybridized carbons (Fsp3) is 0.353. The van der Waals surface area contributed by atoms with Crippen molar-refractivity contribution >= 4 is 5.84 Å². The molecular weight excluding hydrogens is 424 g/mol. The van der Waals surface area contributed by atoms with E-state index >= 15 is 0 Å². The van der Waals surface area contributed by atoms with Crippen LogP contribution in [0.4, 0.5) is 13.2 Å². The zero-order valence-corrected chi connectivity index (χ0v) is 17.6. The second kappa shape index (κ2) is 8.19. The van der Waals surface area contributed by atoms with Crippen LogP contribution in [-0.4, -0.2) is 40.8 Å². The maximum absolute atomic E-state index is 14.0. The van der Waals surface area contributed by atoms with Gasteiger partial charge in [0.05, 0.1) is 6.54 Å². The van der Waals surface area contributed by atoms with E-state index < -0.39 is 25.1 Å². The summed E-state index contributed by atoms with van der Waals surface area (Å²) in [4.78, 5) is 4.90. The standard InChI is InChI=1S/C16H16F3N3O2.CH3.Y/c1-10-6-12(11-4-3-5-21-7-11)23-13(10)14(20)22-8-15(2,17)24-16(18,19)9-22;;/h3-7,20H,8-9H2,1-2H3;1H3;/q;-1;. The molecule has 0 saturated carbocycles. The topological polar surface area (TPSA) is 62.4 Å². The van der Waals surface area contributed by atoms with Gasteiger partial charge in [-0.3, -0.25) is 15.1 Å². The van der Waals surface area contributed by atoms with Gasteiger partial charge in [-0.05, 0) is 37.6 Å². The number of furan rings is 1. The van der Waals surface area contributed by atoms with Crippen LogP contribution in [0, 0.1) is 19.8 Å². The maximum atomic E-state index is 14.0. The average Bonchev–Trinajstić information content (AvgIpc) is 2.86. The second-order valence-electron chi connectivity index (χ2n) is 5.91. The molecule has 139 valence electrons. The Morgan fingerprint density at radius 1 is 1.31 bits per heavy atom. The van der Waals surface area contributed by atoms with Crippen LogP contribution in [0.3, 0.4) is 0 Å². The van der Waals surface area contributed by atoms with Gasteiger partial charge in [0, 0.05) is 50.7 Å². The zero-order valence-electron chi connectivity index (χ0n) is 14.7. The Kier molecular flexibility index (Phi) is 7.18. The van der Waals surface area contributed by atoms with Crippen molar-refractivity contribution in [2.45, 2.75) is 25.8 Å². The molecule has 1 saturated heterocycles. The Balaban J connectivity index is 0.00000169. The molecule has 1 aliphatic heterocycles. The van der Waals surface area contributed by atoms with Gasteiger partial charge in [-0.2, -0.15) is 8.78 Å². The number of halogens is 3. The van der Waals surface area contributed by atoms with E-state index in [1.165, 1.54) is 0 Å². The normalized spacial score (nSPS) is 21.5. The number of pyridine rings is 1. The first-order valence-electron chi connectivity index (χ1n) is 7.28. The van der Waals surface area contributed by atoms with E-state index in [2.05, 4.69) is 9.72 Å². The van der Waals surface area contributed by atoms with E-state index in [1.54, 1.807) is 37.5 Å². The van der Waals surface area contributed by atoms with Gasteiger partial charge < -0.3 is 16.7 Å². The number of hydrogen-bond acceptors (Lipinski definition) is 4. The first kappa shape index (κ1) is 22.8. The molecule has 2 aromatic heterocycles. The van der Waals surface area contributed by atoms with Gasteiger partial charge >= 0.3 is 6.11 Å². The Labute approximate surface area is 175 Å². The molecule has 0 amide bonds. The maximum Gasteiger partial charge on any atom is 0.375 e. The van der Waals surface area contributed by atoms with Crippen LogP contribution < -0.4 is 0 Å². The van der Waals surface area contributed by atoms with Crippen molar-refractivity contribution in [3.05, 3.63) is 49.3 Å². The van der Waals surface area contributed by atoms with E-state index in [-0.39, 0.29) is 51.7 Å². The summed E-state index contributed by atoms with van der Waals surface area (Å²) < 4.78 is 50.8. The average molecular weight is 443 g/mol. The van der Waals surface area contributed by atoms with Crippen LogP contribution in [0.1, 0.15) is 18.2 Å². The summed E-state index contributed by atoms with van der Waals surface area (Å²) in [5.74, 6) is -2.29. The van der Waals surface area contributed by atoms with E-state index in [0.29, 0.717) is 16.9 Å². The minimum Gasteiger partial charge on any atom is -0.453 e. The molecule has 5 nitrogen and oxygen atoms in total. The third-order valence-corrected chi connectivity index (χ3v) is 3.61. The third kappa shape index (κ3) is 4.93. The molecule has 1 N–H and O–H groups in total. The van der Waals surface area contributed by atoms with E-state index in [0.717, 1.165) is 11.8 Å². The molecule has 1 atom stereocenters. The summed E-state index contributed by atoms with van der Waals surface area (Å²) in [6, 6.07) is 5.20. The molecule has 1 aliphatic rings. The number of aromatic nitrogens is 1. The SMILES string of the molecule is Cc1cc(-c2cccnc2)oc1C(=N)N1CC(C)(F)OC(F)(F)C1.[CH3-].[Y]. The number of hydrogen-bond donors (Lipinski definition) is 1. The summed E-state index contributed by atoms with van der Waals surface area (Å²) >= 11 is 0. The van der Waals surface area contributed by atoms with Crippen molar-refractivity contribution in [3.63, 3.8) is 0 Å². The fourth-order valence-electron chi connectivity index (χ4n) is 2.66. The quantitative estimate of drug-likeness (QED) is 0.433. The molecule has 2 aromatic rings. The van der Waals surface area contributed by atoms with Crippen LogP contribution in [0.15, 0.2) is 35.0 Å². The predicted octanol–water partition coefficient (Wildman–Crippen LogP) is 4.03. The number of ether oxygens (including phenoxy) is 1. The van der Waals surface area contributed by atoms with Crippen molar-refractivity contribution in [2.75, 3.05) is 13.1 Å². The number of aryl methyl sites for hydroxylation is 1. The molecule has 1 fully saturated rings. The molecule has 3 heterocycles. The van der Waals surface area contributed by atoms with Crippen LogP contribution >= 0.6 is 0 Å². The van der Waals surface area contributed by atoms with Crippen LogP contribution in [0.25, 0.3) is 11.3 Å². The Bertz CT molecular complexity index is 750. The number of alkyl halides is 3.